The Morgan fingerprint density at radius 1 is 1.52 bits per heavy atom. The van der Waals surface area contributed by atoms with Gasteiger partial charge in [-0.1, -0.05) is 0 Å². The number of amides is 1. The van der Waals surface area contributed by atoms with Crippen LogP contribution >= 0.6 is 0 Å². The number of piperidine rings is 1. The number of hydrogen-bond donors (Lipinski definition) is 2. The molecule has 0 saturated carbocycles. The summed E-state index contributed by atoms with van der Waals surface area (Å²) in [6, 6.07) is 4.91. The highest BCUT2D eigenvalue weighted by atomic mass is 19.1. The molecule has 110 valence electrons. The highest BCUT2D eigenvalue weighted by Gasteiger charge is 2.24. The number of carbonyl (C=O) groups excluding carboxylic acids is 1. The molecule has 1 aliphatic rings. The monoisotopic (exact) mass is 288 g/mol. The van der Waals surface area contributed by atoms with Crippen LogP contribution in [0.3, 0.4) is 0 Å². The van der Waals surface area contributed by atoms with E-state index in [-0.39, 0.29) is 11.9 Å². The molecule has 1 aromatic heterocycles. The summed E-state index contributed by atoms with van der Waals surface area (Å²) in [7, 11) is 1.76. The smallest absolute Gasteiger partial charge is 0.222 e. The largest absolute Gasteiger partial charge is 0.398 e. The molecule has 2 heterocycles. The molecule has 21 heavy (non-hydrogen) atoms. The van der Waals surface area contributed by atoms with Crippen LogP contribution in [-0.2, 0) is 4.79 Å². The molecule has 6 heteroatoms. The average molecular weight is 288 g/mol. The molecule has 3 N–H and O–H groups in total. The van der Waals surface area contributed by atoms with Gasteiger partial charge < -0.3 is 16.0 Å². The number of benzene rings is 1. The second-order valence-electron chi connectivity index (χ2n) is 5.38. The molecule has 5 nitrogen and oxygen atoms in total. The van der Waals surface area contributed by atoms with Gasteiger partial charge in [0.1, 0.15) is 0 Å². The molecule has 1 unspecified atom stereocenters. The van der Waals surface area contributed by atoms with Gasteiger partial charge in [-0.3, -0.25) is 9.78 Å². The molecule has 2 aromatic rings. The van der Waals surface area contributed by atoms with Crippen molar-refractivity contribution in [2.24, 2.45) is 0 Å². The van der Waals surface area contributed by atoms with Gasteiger partial charge >= 0.3 is 0 Å². The Morgan fingerprint density at radius 3 is 3.10 bits per heavy atom. The van der Waals surface area contributed by atoms with Crippen LogP contribution in [0.25, 0.3) is 10.9 Å². The zero-order chi connectivity index (χ0) is 15.0. The lowest BCUT2D eigenvalue weighted by molar-refractivity contribution is -0.132. The number of hydrogen-bond acceptors (Lipinski definition) is 4. The fraction of sp³-hybridized carbons (Fsp3) is 0.333. The number of likely N-dealkylation sites (tertiary alicyclic amines) is 1. The predicted molar refractivity (Wildman–Crippen MR) is 80.4 cm³/mol. The van der Waals surface area contributed by atoms with Crippen LogP contribution in [0.1, 0.15) is 12.8 Å². The van der Waals surface area contributed by atoms with Crippen molar-refractivity contribution in [1.29, 1.82) is 0 Å². The lowest BCUT2D eigenvalue weighted by Gasteiger charge is -2.31. The van der Waals surface area contributed by atoms with Gasteiger partial charge in [0, 0.05) is 43.3 Å². The van der Waals surface area contributed by atoms with Gasteiger partial charge in [0.15, 0.2) is 5.82 Å². The maximum absolute atomic E-state index is 14.2. The van der Waals surface area contributed by atoms with Gasteiger partial charge in [-0.25, -0.2) is 4.39 Å². The summed E-state index contributed by atoms with van der Waals surface area (Å²) in [6.45, 7) is 0.553. The van der Waals surface area contributed by atoms with E-state index in [0.29, 0.717) is 36.3 Å². The molecule has 1 fully saturated rings. The number of rotatable bonds is 2. The van der Waals surface area contributed by atoms with Crippen molar-refractivity contribution in [3.05, 3.63) is 30.2 Å². The summed E-state index contributed by atoms with van der Waals surface area (Å²) in [6.07, 6.45) is 2.76. The van der Waals surface area contributed by atoms with Gasteiger partial charge in [0.25, 0.3) is 0 Å². The molecule has 0 spiro atoms. The van der Waals surface area contributed by atoms with Crippen molar-refractivity contribution in [3.63, 3.8) is 0 Å². The maximum Gasteiger partial charge on any atom is 0.222 e. The van der Waals surface area contributed by atoms with E-state index in [1.54, 1.807) is 24.2 Å². The molecule has 1 aromatic carbocycles. The standard InChI is InChI=1S/C15H17FN4O/c1-20-8-9(4-5-13(20)21)19-15-11(16)7-12(17)10-3-2-6-18-14(10)15/h2-3,6-7,9,19H,4-5,8,17H2,1H3. The van der Waals surface area contributed by atoms with Crippen LogP contribution in [0.4, 0.5) is 15.8 Å². The van der Waals surface area contributed by atoms with E-state index in [1.165, 1.54) is 6.07 Å². The Hall–Kier alpha value is -2.37. The summed E-state index contributed by atoms with van der Waals surface area (Å²) in [5, 5.41) is 3.91. The maximum atomic E-state index is 14.2. The minimum Gasteiger partial charge on any atom is -0.398 e. The molecule has 1 atom stereocenters. The number of pyridine rings is 1. The molecule has 3 rings (SSSR count). The number of nitrogens with one attached hydrogen (secondary N) is 1. The SMILES string of the molecule is CN1CC(Nc2c(F)cc(N)c3cccnc23)CCC1=O. The number of halogens is 1. The van der Waals surface area contributed by atoms with Crippen LogP contribution in [0.15, 0.2) is 24.4 Å². The van der Waals surface area contributed by atoms with E-state index in [4.69, 9.17) is 5.73 Å². The lowest BCUT2D eigenvalue weighted by Crippen LogP contribution is -2.43. The first kappa shape index (κ1) is 13.6. The zero-order valence-electron chi connectivity index (χ0n) is 11.8. The molecular weight excluding hydrogens is 271 g/mol. The van der Waals surface area contributed by atoms with E-state index < -0.39 is 5.82 Å². The second-order valence-corrected chi connectivity index (χ2v) is 5.38. The molecule has 1 saturated heterocycles. The first-order valence-corrected chi connectivity index (χ1v) is 6.89. The summed E-state index contributed by atoms with van der Waals surface area (Å²) in [5.41, 5.74) is 7.09. The normalized spacial score (nSPS) is 19.0. The van der Waals surface area contributed by atoms with Crippen LogP contribution in [0.2, 0.25) is 0 Å². The quantitative estimate of drug-likeness (QED) is 0.829. The predicted octanol–water partition coefficient (Wildman–Crippen LogP) is 1.99. The van der Waals surface area contributed by atoms with E-state index in [2.05, 4.69) is 10.3 Å². The molecular formula is C15H17FN4O. The molecule has 1 amide bonds. The van der Waals surface area contributed by atoms with E-state index in [1.807, 2.05) is 6.07 Å². The van der Waals surface area contributed by atoms with Crippen LogP contribution in [0, 0.1) is 5.82 Å². The van der Waals surface area contributed by atoms with Gasteiger partial charge in [-0.15, -0.1) is 0 Å². The van der Waals surface area contributed by atoms with Crippen molar-refractivity contribution in [2.45, 2.75) is 18.9 Å². The van der Waals surface area contributed by atoms with Crippen LogP contribution < -0.4 is 11.1 Å². The number of likely N-dealkylation sites (N-methyl/N-ethyl adjacent to an activating group) is 1. The Kier molecular flexibility index (Phi) is 3.37. The second kappa shape index (κ2) is 5.20. The van der Waals surface area contributed by atoms with Crippen molar-refractivity contribution in [2.75, 3.05) is 24.6 Å². The number of fused-ring (bicyclic) bond motifs is 1. The van der Waals surface area contributed by atoms with Gasteiger partial charge in [-0.05, 0) is 24.6 Å². The van der Waals surface area contributed by atoms with E-state index in [0.717, 1.165) is 5.39 Å². The zero-order valence-corrected chi connectivity index (χ0v) is 11.8. The van der Waals surface area contributed by atoms with Crippen molar-refractivity contribution in [3.8, 4) is 0 Å². The Labute approximate surface area is 121 Å². The number of nitrogen functional groups attached to an aromatic ring is 1. The number of nitrogens with zero attached hydrogens (tertiary/aromatic N) is 2. The summed E-state index contributed by atoms with van der Waals surface area (Å²) < 4.78 is 14.2. The Bertz CT molecular complexity index is 703. The highest BCUT2D eigenvalue weighted by Crippen LogP contribution is 2.30. The van der Waals surface area contributed by atoms with Crippen LogP contribution in [0.5, 0.6) is 0 Å². The van der Waals surface area contributed by atoms with Crippen LogP contribution in [-0.4, -0.2) is 35.4 Å². The molecule has 0 aliphatic carbocycles. The fourth-order valence-electron chi connectivity index (χ4n) is 2.71. The number of carbonyl (C=O) groups is 1. The van der Waals surface area contributed by atoms with Gasteiger partial charge in [0.2, 0.25) is 5.91 Å². The highest BCUT2D eigenvalue weighted by molar-refractivity contribution is 5.98. The number of aromatic nitrogens is 1. The van der Waals surface area contributed by atoms with Crippen molar-refractivity contribution >= 4 is 28.2 Å². The number of nitrogens with two attached hydrogens (primary N) is 1. The third kappa shape index (κ3) is 2.49. The van der Waals surface area contributed by atoms with Gasteiger partial charge in [-0.2, -0.15) is 0 Å². The van der Waals surface area contributed by atoms with E-state index >= 15 is 0 Å². The topological polar surface area (TPSA) is 71.2 Å². The number of anilines is 2. The summed E-state index contributed by atoms with van der Waals surface area (Å²) in [4.78, 5) is 17.4. The Morgan fingerprint density at radius 2 is 2.33 bits per heavy atom. The first-order valence-electron chi connectivity index (χ1n) is 6.89. The molecule has 1 aliphatic heterocycles. The minimum atomic E-state index is -0.418. The van der Waals surface area contributed by atoms with E-state index in [9.17, 15) is 9.18 Å². The lowest BCUT2D eigenvalue weighted by atomic mass is 10.0. The third-order valence-corrected chi connectivity index (χ3v) is 3.85. The molecule has 0 radical (unpaired) electrons. The van der Waals surface area contributed by atoms with Gasteiger partial charge in [0.05, 0.1) is 11.2 Å². The third-order valence-electron chi connectivity index (χ3n) is 3.85. The Balaban J connectivity index is 1.95. The summed E-state index contributed by atoms with van der Waals surface area (Å²) >= 11 is 0. The van der Waals surface area contributed by atoms with Crippen molar-refractivity contribution < 1.29 is 9.18 Å². The first-order chi connectivity index (χ1) is 10.1. The minimum absolute atomic E-state index is 0.0102. The summed E-state index contributed by atoms with van der Waals surface area (Å²) in [5.74, 6) is -0.299. The molecule has 0 bridgehead atoms. The average Bonchev–Trinajstić information content (AvgIpc) is 2.47. The van der Waals surface area contributed by atoms with Crippen molar-refractivity contribution in [1.82, 2.24) is 9.88 Å². The fourth-order valence-corrected chi connectivity index (χ4v) is 2.71.